The van der Waals surface area contributed by atoms with Gasteiger partial charge < -0.3 is 14.8 Å². The predicted molar refractivity (Wildman–Crippen MR) is 94.7 cm³/mol. The summed E-state index contributed by atoms with van der Waals surface area (Å²) in [6, 6.07) is 3.78. The minimum Gasteiger partial charge on any atom is -0.355 e. The zero-order valence-corrected chi connectivity index (χ0v) is 14.9. The summed E-state index contributed by atoms with van der Waals surface area (Å²) in [5.41, 5.74) is 0.975. The molecule has 8 heteroatoms. The molecule has 1 atom stereocenters. The second-order valence-corrected chi connectivity index (χ2v) is 7.06. The quantitative estimate of drug-likeness (QED) is 0.591. The van der Waals surface area contributed by atoms with E-state index >= 15 is 0 Å². The van der Waals surface area contributed by atoms with E-state index in [1.165, 1.54) is 0 Å². The summed E-state index contributed by atoms with van der Waals surface area (Å²) in [5.74, 6) is 0.438. The summed E-state index contributed by atoms with van der Waals surface area (Å²) in [6.45, 7) is 1.53. The first-order chi connectivity index (χ1) is 12.1. The Hall–Kier alpha value is -2.35. The van der Waals surface area contributed by atoms with E-state index in [4.69, 9.17) is 0 Å². The molecule has 0 saturated carbocycles. The molecule has 1 aliphatic heterocycles. The number of likely N-dealkylation sites (tertiary alicyclic amines) is 1. The third-order valence-corrected chi connectivity index (χ3v) is 5.15. The monoisotopic (exact) mass is 359 g/mol. The van der Waals surface area contributed by atoms with Crippen LogP contribution in [0.15, 0.2) is 42.1 Å². The van der Waals surface area contributed by atoms with Crippen LogP contribution in [0.2, 0.25) is 0 Å². The van der Waals surface area contributed by atoms with Gasteiger partial charge in [0.2, 0.25) is 11.8 Å². The highest BCUT2D eigenvalue weighted by Gasteiger charge is 2.34. The molecule has 132 valence electrons. The molecule has 3 heterocycles. The Kier molecular flexibility index (Phi) is 5.70. The number of rotatable bonds is 7. The molecular weight excluding hydrogens is 338 g/mol. The average Bonchev–Trinajstić information content (AvgIpc) is 3.18. The van der Waals surface area contributed by atoms with Gasteiger partial charge in [-0.3, -0.25) is 14.6 Å². The Labute approximate surface area is 150 Å². The molecule has 0 spiro atoms. The van der Waals surface area contributed by atoms with Crippen molar-refractivity contribution in [2.45, 2.75) is 18.1 Å². The van der Waals surface area contributed by atoms with Crippen LogP contribution in [0.4, 0.5) is 0 Å². The van der Waals surface area contributed by atoms with E-state index < -0.39 is 0 Å². The molecule has 0 aliphatic carbocycles. The number of thioether (sulfide) groups is 1. The maximum Gasteiger partial charge on any atom is 0.225 e. The molecule has 0 unspecified atom stereocenters. The van der Waals surface area contributed by atoms with Gasteiger partial charge in [0.15, 0.2) is 5.16 Å². The molecule has 2 amide bonds. The molecule has 2 aromatic heterocycles. The van der Waals surface area contributed by atoms with E-state index in [0.29, 0.717) is 19.6 Å². The minimum atomic E-state index is -0.276. The van der Waals surface area contributed by atoms with E-state index in [-0.39, 0.29) is 24.2 Å². The lowest BCUT2D eigenvalue weighted by molar-refractivity contribution is -0.129. The summed E-state index contributed by atoms with van der Waals surface area (Å²) in [6.07, 6.45) is 7.37. The molecule has 3 rings (SSSR count). The van der Waals surface area contributed by atoms with Crippen molar-refractivity contribution < 1.29 is 9.59 Å². The van der Waals surface area contributed by atoms with Gasteiger partial charge in [-0.15, -0.1) is 0 Å². The van der Waals surface area contributed by atoms with Gasteiger partial charge in [-0.1, -0.05) is 17.8 Å². The third kappa shape index (κ3) is 4.60. The molecule has 1 fully saturated rings. The molecule has 1 saturated heterocycles. The van der Waals surface area contributed by atoms with E-state index in [9.17, 15) is 9.59 Å². The Morgan fingerprint density at radius 2 is 2.32 bits per heavy atom. The molecular formula is C17H21N5O2S. The standard InChI is InChI=1S/C17H21N5O2S/c1-21-7-5-20-17(21)25-8-6-19-16(24)14-9-15(23)22(12-14)11-13-3-2-4-18-10-13/h2-5,7,10,14H,6,8-9,11-12H2,1H3,(H,19,24)/t14-/m1/s1. The number of nitrogens with zero attached hydrogens (tertiary/aromatic N) is 4. The van der Waals surface area contributed by atoms with Gasteiger partial charge in [0, 0.05) is 63.6 Å². The first-order valence-electron chi connectivity index (χ1n) is 8.18. The number of imidazole rings is 1. The summed E-state index contributed by atoms with van der Waals surface area (Å²) in [4.78, 5) is 34.4. The summed E-state index contributed by atoms with van der Waals surface area (Å²) in [7, 11) is 1.94. The Bertz CT molecular complexity index is 734. The summed E-state index contributed by atoms with van der Waals surface area (Å²) in [5, 5.41) is 3.85. The van der Waals surface area contributed by atoms with Crippen LogP contribution in [0, 0.1) is 5.92 Å². The number of aromatic nitrogens is 3. The van der Waals surface area contributed by atoms with Gasteiger partial charge in [0.1, 0.15) is 0 Å². The Morgan fingerprint density at radius 3 is 3.04 bits per heavy atom. The third-order valence-electron chi connectivity index (χ3n) is 4.09. The smallest absolute Gasteiger partial charge is 0.225 e. The van der Waals surface area contributed by atoms with Crippen molar-refractivity contribution in [2.24, 2.45) is 13.0 Å². The van der Waals surface area contributed by atoms with E-state index in [1.807, 2.05) is 29.9 Å². The first kappa shape index (κ1) is 17.5. The lowest BCUT2D eigenvalue weighted by Crippen LogP contribution is -2.34. The lowest BCUT2D eigenvalue weighted by Gasteiger charge is -2.16. The highest BCUT2D eigenvalue weighted by molar-refractivity contribution is 7.99. The zero-order chi connectivity index (χ0) is 17.6. The summed E-state index contributed by atoms with van der Waals surface area (Å²) >= 11 is 1.59. The van der Waals surface area contributed by atoms with E-state index in [0.717, 1.165) is 16.5 Å². The normalized spacial score (nSPS) is 17.1. The van der Waals surface area contributed by atoms with Crippen LogP contribution in [0.1, 0.15) is 12.0 Å². The number of hydrogen-bond acceptors (Lipinski definition) is 5. The molecule has 2 aromatic rings. The van der Waals surface area contributed by atoms with Crippen molar-refractivity contribution >= 4 is 23.6 Å². The SMILES string of the molecule is Cn1ccnc1SCCNC(=O)[C@@H]1CC(=O)N(Cc2cccnc2)C1. The number of carbonyl (C=O) groups is 2. The first-order valence-corrected chi connectivity index (χ1v) is 9.16. The van der Waals surface area contributed by atoms with Crippen molar-refractivity contribution in [2.75, 3.05) is 18.8 Å². The van der Waals surface area contributed by atoms with Crippen molar-refractivity contribution in [3.63, 3.8) is 0 Å². The lowest BCUT2D eigenvalue weighted by atomic mass is 10.1. The van der Waals surface area contributed by atoms with Crippen molar-refractivity contribution in [1.29, 1.82) is 0 Å². The van der Waals surface area contributed by atoms with Gasteiger partial charge >= 0.3 is 0 Å². The number of nitrogens with one attached hydrogen (secondary N) is 1. The maximum atomic E-state index is 12.3. The van der Waals surface area contributed by atoms with Crippen LogP contribution < -0.4 is 5.32 Å². The molecule has 25 heavy (non-hydrogen) atoms. The second kappa shape index (κ2) is 8.15. The largest absolute Gasteiger partial charge is 0.355 e. The van der Waals surface area contributed by atoms with Gasteiger partial charge in [-0.05, 0) is 11.6 Å². The van der Waals surface area contributed by atoms with E-state index in [1.54, 1.807) is 35.3 Å². The summed E-state index contributed by atoms with van der Waals surface area (Å²) < 4.78 is 1.94. The number of pyridine rings is 1. The van der Waals surface area contributed by atoms with Crippen molar-refractivity contribution in [3.05, 3.63) is 42.5 Å². The number of hydrogen-bond donors (Lipinski definition) is 1. The van der Waals surface area contributed by atoms with Crippen molar-refractivity contribution in [1.82, 2.24) is 24.8 Å². The maximum absolute atomic E-state index is 12.3. The highest BCUT2D eigenvalue weighted by Crippen LogP contribution is 2.20. The minimum absolute atomic E-state index is 0.0198. The number of amides is 2. The van der Waals surface area contributed by atoms with Gasteiger partial charge in [-0.25, -0.2) is 4.98 Å². The number of carbonyl (C=O) groups excluding carboxylic acids is 2. The van der Waals surface area contributed by atoms with Crippen LogP contribution in [-0.4, -0.2) is 50.1 Å². The molecule has 0 aromatic carbocycles. The predicted octanol–water partition coefficient (Wildman–Crippen LogP) is 1.07. The highest BCUT2D eigenvalue weighted by atomic mass is 32.2. The average molecular weight is 359 g/mol. The number of aryl methyl sites for hydroxylation is 1. The van der Waals surface area contributed by atoms with Crippen LogP contribution in [0.3, 0.4) is 0 Å². The van der Waals surface area contributed by atoms with Crippen LogP contribution in [0.5, 0.6) is 0 Å². The topological polar surface area (TPSA) is 80.1 Å². The zero-order valence-electron chi connectivity index (χ0n) is 14.1. The van der Waals surface area contributed by atoms with Crippen LogP contribution in [-0.2, 0) is 23.2 Å². The Balaban J connectivity index is 1.42. The fourth-order valence-electron chi connectivity index (χ4n) is 2.76. The van der Waals surface area contributed by atoms with Gasteiger partial charge in [0.05, 0.1) is 5.92 Å². The fourth-order valence-corrected chi connectivity index (χ4v) is 3.55. The molecule has 1 aliphatic rings. The Morgan fingerprint density at radius 1 is 1.44 bits per heavy atom. The molecule has 0 radical (unpaired) electrons. The fraction of sp³-hybridized carbons (Fsp3) is 0.412. The van der Waals surface area contributed by atoms with Crippen LogP contribution in [0.25, 0.3) is 0 Å². The molecule has 1 N–H and O–H groups in total. The molecule has 0 bridgehead atoms. The molecule has 7 nitrogen and oxygen atoms in total. The van der Waals surface area contributed by atoms with E-state index in [2.05, 4.69) is 15.3 Å². The van der Waals surface area contributed by atoms with Crippen LogP contribution >= 0.6 is 11.8 Å². The van der Waals surface area contributed by atoms with Gasteiger partial charge in [-0.2, -0.15) is 0 Å². The van der Waals surface area contributed by atoms with Gasteiger partial charge in [0.25, 0.3) is 0 Å². The van der Waals surface area contributed by atoms with Crippen molar-refractivity contribution in [3.8, 4) is 0 Å². The second-order valence-electron chi connectivity index (χ2n) is 6.00.